The smallest absolute Gasteiger partial charge is 0.345 e. The van der Waals surface area contributed by atoms with Gasteiger partial charge in [-0.1, -0.05) is 42.5 Å². The van der Waals surface area contributed by atoms with Crippen molar-refractivity contribution in [3.05, 3.63) is 65.2 Å². The minimum Gasteiger partial charge on any atom is -0.482 e. The molecule has 2 aromatic carbocycles. The quantitative estimate of drug-likeness (QED) is 0.776. The van der Waals surface area contributed by atoms with Gasteiger partial charge in [0.15, 0.2) is 6.61 Å². The number of aryl methyl sites for hydroxylation is 1. The molecule has 0 aliphatic heterocycles. The first-order valence-corrected chi connectivity index (χ1v) is 8.78. The van der Waals surface area contributed by atoms with Gasteiger partial charge in [-0.15, -0.1) is 0 Å². The third kappa shape index (κ3) is 4.63. The fraction of sp³-hybridized carbons (Fsp3) is 0.333. The van der Waals surface area contributed by atoms with Gasteiger partial charge in [0.05, 0.1) is 0 Å². The second kappa shape index (κ2) is 8.04. The molecule has 0 saturated heterocycles. The molecule has 1 atom stereocenters. The first-order chi connectivity index (χ1) is 12.5. The zero-order valence-electron chi connectivity index (χ0n) is 15.0. The Bertz CT molecular complexity index is 784. The number of hydrogen-bond donors (Lipinski definition) is 1. The summed E-state index contributed by atoms with van der Waals surface area (Å²) in [7, 11) is 0. The molecule has 1 aliphatic rings. The Hall–Kier alpha value is -2.82. The van der Waals surface area contributed by atoms with Gasteiger partial charge in [0.25, 0.3) is 5.91 Å². The number of benzene rings is 2. The van der Waals surface area contributed by atoms with Crippen molar-refractivity contribution in [2.45, 2.75) is 38.8 Å². The van der Waals surface area contributed by atoms with Crippen LogP contribution in [0.3, 0.4) is 0 Å². The Kier molecular flexibility index (Phi) is 5.56. The van der Waals surface area contributed by atoms with Crippen molar-refractivity contribution in [3.8, 4) is 5.75 Å². The first kappa shape index (κ1) is 18.0. The molecule has 0 unspecified atom stereocenters. The van der Waals surface area contributed by atoms with Crippen LogP contribution < -0.4 is 10.1 Å². The van der Waals surface area contributed by atoms with Gasteiger partial charge in [-0.05, 0) is 43.9 Å². The number of esters is 1. The number of ether oxygens (including phenoxy) is 2. The van der Waals surface area contributed by atoms with Crippen LogP contribution in [0.2, 0.25) is 0 Å². The summed E-state index contributed by atoms with van der Waals surface area (Å²) in [6.07, 6.45) is 0.972. The summed E-state index contributed by atoms with van der Waals surface area (Å²) >= 11 is 0. The Balaban J connectivity index is 1.64. The number of hydrogen-bond acceptors (Lipinski definition) is 4. The predicted octanol–water partition coefficient (Wildman–Crippen LogP) is 3.25. The van der Waals surface area contributed by atoms with Crippen LogP contribution in [-0.4, -0.2) is 24.5 Å². The second-order valence-corrected chi connectivity index (χ2v) is 6.55. The predicted molar refractivity (Wildman–Crippen MR) is 97.9 cm³/mol. The highest BCUT2D eigenvalue weighted by Crippen LogP contribution is 2.24. The summed E-state index contributed by atoms with van der Waals surface area (Å²) in [5, 5.41) is 2.89. The summed E-state index contributed by atoms with van der Waals surface area (Å²) in [4.78, 5) is 24.7. The number of nitrogens with one attached hydrogen (secondary N) is 1. The van der Waals surface area contributed by atoms with Crippen LogP contribution in [0, 0.1) is 13.8 Å². The number of carbonyl (C=O) groups is 2. The van der Waals surface area contributed by atoms with E-state index in [1.54, 1.807) is 12.1 Å². The zero-order valence-corrected chi connectivity index (χ0v) is 15.0. The minimum atomic E-state index is -0.966. The molecule has 3 rings (SSSR count). The van der Waals surface area contributed by atoms with Crippen molar-refractivity contribution in [3.63, 3.8) is 0 Å². The van der Waals surface area contributed by atoms with E-state index >= 15 is 0 Å². The van der Waals surface area contributed by atoms with E-state index in [1.165, 1.54) is 0 Å². The lowest BCUT2D eigenvalue weighted by Gasteiger charge is -2.18. The monoisotopic (exact) mass is 353 g/mol. The number of amides is 1. The molecular weight excluding hydrogens is 330 g/mol. The van der Waals surface area contributed by atoms with E-state index in [0.717, 1.165) is 24.0 Å². The highest BCUT2D eigenvalue weighted by molar-refractivity contribution is 5.85. The van der Waals surface area contributed by atoms with Crippen LogP contribution in [0.1, 0.15) is 35.6 Å². The lowest BCUT2D eigenvalue weighted by molar-refractivity contribution is -0.158. The van der Waals surface area contributed by atoms with E-state index < -0.39 is 12.1 Å². The molecule has 26 heavy (non-hydrogen) atoms. The normalized spacial score (nSPS) is 14.4. The zero-order chi connectivity index (χ0) is 18.5. The van der Waals surface area contributed by atoms with Crippen LogP contribution in [0.5, 0.6) is 5.75 Å². The van der Waals surface area contributed by atoms with Crippen LogP contribution in [0.15, 0.2) is 48.5 Å². The summed E-state index contributed by atoms with van der Waals surface area (Å²) < 4.78 is 11.0. The van der Waals surface area contributed by atoms with E-state index in [0.29, 0.717) is 11.3 Å². The average molecular weight is 353 g/mol. The molecule has 5 heteroatoms. The van der Waals surface area contributed by atoms with Crippen molar-refractivity contribution in [2.24, 2.45) is 0 Å². The largest absolute Gasteiger partial charge is 0.482 e. The van der Waals surface area contributed by atoms with Gasteiger partial charge in [0.1, 0.15) is 5.75 Å². The van der Waals surface area contributed by atoms with Crippen molar-refractivity contribution < 1.29 is 19.1 Å². The molecule has 0 spiro atoms. The molecule has 1 saturated carbocycles. The SMILES string of the molecule is Cc1cccc(OCC(=O)O[C@@H](C(=O)NC2CC2)c2ccccc2)c1C. The van der Waals surface area contributed by atoms with Gasteiger partial charge in [0.2, 0.25) is 6.10 Å². The molecule has 1 aliphatic carbocycles. The molecule has 1 fully saturated rings. The Morgan fingerprint density at radius 3 is 2.50 bits per heavy atom. The number of rotatable bonds is 7. The van der Waals surface area contributed by atoms with Gasteiger partial charge in [-0.25, -0.2) is 4.79 Å². The summed E-state index contributed by atoms with van der Waals surface area (Å²) in [6, 6.07) is 14.9. The van der Waals surface area contributed by atoms with Crippen molar-refractivity contribution >= 4 is 11.9 Å². The van der Waals surface area contributed by atoms with E-state index in [2.05, 4.69) is 5.32 Å². The number of carbonyl (C=O) groups excluding carboxylic acids is 2. The molecule has 5 nitrogen and oxygen atoms in total. The molecule has 136 valence electrons. The first-order valence-electron chi connectivity index (χ1n) is 8.78. The molecule has 0 aromatic heterocycles. The Labute approximate surface area is 153 Å². The van der Waals surface area contributed by atoms with E-state index in [9.17, 15) is 9.59 Å². The summed E-state index contributed by atoms with van der Waals surface area (Å²) in [6.45, 7) is 3.67. The van der Waals surface area contributed by atoms with E-state index in [4.69, 9.17) is 9.47 Å². The second-order valence-electron chi connectivity index (χ2n) is 6.55. The molecule has 0 bridgehead atoms. The maximum Gasteiger partial charge on any atom is 0.345 e. The molecule has 2 aromatic rings. The lowest BCUT2D eigenvalue weighted by atomic mass is 10.1. The van der Waals surface area contributed by atoms with Crippen LogP contribution in [0.25, 0.3) is 0 Å². The average Bonchev–Trinajstić information content (AvgIpc) is 3.45. The van der Waals surface area contributed by atoms with Gasteiger partial charge in [-0.2, -0.15) is 0 Å². The maximum atomic E-state index is 12.5. The molecule has 0 radical (unpaired) electrons. The summed E-state index contributed by atoms with van der Waals surface area (Å²) in [5.74, 6) is -0.231. The molecular formula is C21H23NO4. The van der Waals surface area contributed by atoms with E-state index in [-0.39, 0.29) is 18.6 Å². The van der Waals surface area contributed by atoms with Crippen molar-refractivity contribution in [1.82, 2.24) is 5.32 Å². The van der Waals surface area contributed by atoms with Crippen molar-refractivity contribution in [2.75, 3.05) is 6.61 Å². The fourth-order valence-corrected chi connectivity index (χ4v) is 2.59. The maximum absolute atomic E-state index is 12.5. The highest BCUT2D eigenvalue weighted by Gasteiger charge is 2.30. The highest BCUT2D eigenvalue weighted by atomic mass is 16.6. The molecule has 1 N–H and O–H groups in total. The van der Waals surface area contributed by atoms with Gasteiger partial charge < -0.3 is 14.8 Å². The van der Waals surface area contributed by atoms with Crippen LogP contribution in [0.4, 0.5) is 0 Å². The van der Waals surface area contributed by atoms with Gasteiger partial charge in [0, 0.05) is 11.6 Å². The third-order valence-electron chi connectivity index (χ3n) is 4.41. The third-order valence-corrected chi connectivity index (χ3v) is 4.41. The Morgan fingerprint density at radius 2 is 1.81 bits per heavy atom. The molecule has 1 amide bonds. The molecule has 0 heterocycles. The van der Waals surface area contributed by atoms with E-state index in [1.807, 2.05) is 50.2 Å². The van der Waals surface area contributed by atoms with Crippen LogP contribution in [-0.2, 0) is 14.3 Å². The minimum absolute atomic E-state index is 0.193. The van der Waals surface area contributed by atoms with Crippen molar-refractivity contribution in [1.29, 1.82) is 0 Å². The lowest BCUT2D eigenvalue weighted by Crippen LogP contribution is -2.34. The Morgan fingerprint density at radius 1 is 1.08 bits per heavy atom. The van der Waals surface area contributed by atoms with Gasteiger partial charge in [-0.3, -0.25) is 4.79 Å². The topological polar surface area (TPSA) is 64.6 Å². The van der Waals surface area contributed by atoms with Gasteiger partial charge >= 0.3 is 5.97 Å². The summed E-state index contributed by atoms with van der Waals surface area (Å²) in [5.41, 5.74) is 2.71. The standard InChI is InChI=1S/C21H23NO4/c1-14-7-6-10-18(15(14)2)25-13-19(23)26-20(16-8-4-3-5-9-16)21(24)22-17-11-12-17/h3-10,17,20H,11-13H2,1-2H3,(H,22,24)/t20-/m1/s1. The fourth-order valence-electron chi connectivity index (χ4n) is 2.59. The van der Waals surface area contributed by atoms with Crippen LogP contribution >= 0.6 is 0 Å².